The zero-order valence-corrected chi connectivity index (χ0v) is 16.3. The minimum atomic E-state index is -0.437. The van der Waals surface area contributed by atoms with Gasteiger partial charge < -0.3 is 14.2 Å². The molecule has 4 rings (SSSR count). The van der Waals surface area contributed by atoms with E-state index in [-0.39, 0.29) is 5.75 Å². The molecule has 0 aliphatic heterocycles. The van der Waals surface area contributed by atoms with Crippen molar-refractivity contribution < 1.29 is 18.6 Å². The molecule has 3 aromatic carbocycles. The molecule has 6 heteroatoms. The summed E-state index contributed by atoms with van der Waals surface area (Å²) < 4.78 is 30.0. The van der Waals surface area contributed by atoms with Gasteiger partial charge in [0.1, 0.15) is 6.33 Å². The number of aromatic nitrogens is 2. The molecule has 0 amide bonds. The van der Waals surface area contributed by atoms with Crippen LogP contribution in [0.2, 0.25) is 0 Å². The molecular formula is C23H19FN2O3. The molecule has 0 aliphatic rings. The van der Waals surface area contributed by atoms with Gasteiger partial charge in [-0.05, 0) is 53.6 Å². The van der Waals surface area contributed by atoms with E-state index in [2.05, 4.69) is 9.97 Å². The molecule has 0 aliphatic carbocycles. The van der Waals surface area contributed by atoms with Crippen LogP contribution in [0, 0.1) is 5.82 Å². The Bertz CT molecular complexity index is 1190. The van der Waals surface area contributed by atoms with Crippen LogP contribution in [0.25, 0.3) is 33.3 Å². The maximum absolute atomic E-state index is 14.2. The molecule has 0 fully saturated rings. The summed E-state index contributed by atoms with van der Waals surface area (Å²) in [5, 5.41) is 0.823. The van der Waals surface area contributed by atoms with E-state index in [1.54, 1.807) is 26.4 Å². The predicted octanol–water partition coefficient (Wildman–Crippen LogP) is 5.13. The quantitative estimate of drug-likeness (QED) is 0.473. The van der Waals surface area contributed by atoms with Crippen molar-refractivity contribution in [2.45, 2.75) is 0 Å². The number of rotatable bonds is 5. The third-order valence-corrected chi connectivity index (χ3v) is 4.78. The molecule has 1 heterocycles. The van der Waals surface area contributed by atoms with Crippen LogP contribution in [0.5, 0.6) is 17.2 Å². The van der Waals surface area contributed by atoms with Gasteiger partial charge in [0.25, 0.3) is 0 Å². The second-order valence-corrected chi connectivity index (χ2v) is 6.37. The molecule has 0 unspecified atom stereocenters. The van der Waals surface area contributed by atoms with E-state index in [1.807, 2.05) is 36.4 Å². The number of hydrogen-bond acceptors (Lipinski definition) is 5. The normalized spacial score (nSPS) is 10.8. The fourth-order valence-electron chi connectivity index (χ4n) is 3.30. The number of halogens is 1. The average Bonchev–Trinajstić information content (AvgIpc) is 2.77. The number of nitrogens with zero attached hydrogens (tertiary/aromatic N) is 2. The van der Waals surface area contributed by atoms with Crippen molar-refractivity contribution in [1.29, 1.82) is 0 Å². The lowest BCUT2D eigenvalue weighted by Gasteiger charge is -2.11. The van der Waals surface area contributed by atoms with Crippen molar-refractivity contribution >= 4 is 10.9 Å². The van der Waals surface area contributed by atoms with E-state index in [0.29, 0.717) is 22.8 Å². The molecule has 0 radical (unpaired) electrons. The summed E-state index contributed by atoms with van der Waals surface area (Å²) in [6, 6.07) is 16.4. The number of fused-ring (bicyclic) bond motifs is 1. The Morgan fingerprint density at radius 2 is 1.31 bits per heavy atom. The van der Waals surface area contributed by atoms with E-state index in [1.165, 1.54) is 19.5 Å². The highest BCUT2D eigenvalue weighted by Crippen LogP contribution is 2.35. The van der Waals surface area contributed by atoms with Crippen molar-refractivity contribution in [3.8, 4) is 39.6 Å². The summed E-state index contributed by atoms with van der Waals surface area (Å²) in [7, 11) is 4.64. The summed E-state index contributed by atoms with van der Waals surface area (Å²) in [5.74, 6) is 1.06. The van der Waals surface area contributed by atoms with Crippen molar-refractivity contribution in [2.24, 2.45) is 0 Å². The molecule has 146 valence electrons. The van der Waals surface area contributed by atoms with Gasteiger partial charge in [0.2, 0.25) is 0 Å². The van der Waals surface area contributed by atoms with Crippen LogP contribution in [0.15, 0.2) is 60.9 Å². The van der Waals surface area contributed by atoms with Crippen LogP contribution in [-0.2, 0) is 0 Å². The Hall–Kier alpha value is -3.67. The summed E-state index contributed by atoms with van der Waals surface area (Å²) in [5.41, 5.74) is 4.00. The monoisotopic (exact) mass is 390 g/mol. The van der Waals surface area contributed by atoms with Crippen LogP contribution in [0.1, 0.15) is 0 Å². The van der Waals surface area contributed by atoms with Crippen LogP contribution < -0.4 is 14.2 Å². The van der Waals surface area contributed by atoms with Crippen molar-refractivity contribution in [1.82, 2.24) is 9.97 Å². The highest BCUT2D eigenvalue weighted by atomic mass is 19.1. The SMILES string of the molecule is COc1ccc(-c2ncnc3ccc(-c4ccc(OC)c(OC)c4)cc23)cc1F. The Morgan fingerprint density at radius 3 is 2.03 bits per heavy atom. The fraction of sp³-hybridized carbons (Fsp3) is 0.130. The summed E-state index contributed by atoms with van der Waals surface area (Å²) >= 11 is 0. The van der Waals surface area contributed by atoms with Gasteiger partial charge in [-0.2, -0.15) is 0 Å². The molecule has 4 aromatic rings. The zero-order valence-electron chi connectivity index (χ0n) is 16.3. The fourth-order valence-corrected chi connectivity index (χ4v) is 3.30. The highest BCUT2D eigenvalue weighted by Gasteiger charge is 2.12. The molecule has 0 spiro atoms. The molecule has 0 atom stereocenters. The van der Waals surface area contributed by atoms with Gasteiger partial charge in [0.05, 0.1) is 32.5 Å². The van der Waals surface area contributed by atoms with Gasteiger partial charge in [-0.1, -0.05) is 12.1 Å². The van der Waals surface area contributed by atoms with E-state index < -0.39 is 5.82 Å². The van der Waals surface area contributed by atoms with Crippen molar-refractivity contribution in [3.63, 3.8) is 0 Å². The van der Waals surface area contributed by atoms with Gasteiger partial charge in [0.15, 0.2) is 23.1 Å². The van der Waals surface area contributed by atoms with Crippen molar-refractivity contribution in [2.75, 3.05) is 21.3 Å². The van der Waals surface area contributed by atoms with Crippen LogP contribution in [0.4, 0.5) is 4.39 Å². The molecule has 29 heavy (non-hydrogen) atoms. The van der Waals surface area contributed by atoms with E-state index >= 15 is 0 Å². The molecule has 0 N–H and O–H groups in total. The number of ether oxygens (including phenoxy) is 3. The van der Waals surface area contributed by atoms with Gasteiger partial charge in [-0.3, -0.25) is 0 Å². The molecular weight excluding hydrogens is 371 g/mol. The van der Waals surface area contributed by atoms with Crippen LogP contribution in [-0.4, -0.2) is 31.3 Å². The Labute approximate surface area is 167 Å². The maximum atomic E-state index is 14.2. The highest BCUT2D eigenvalue weighted by molar-refractivity contribution is 5.95. The van der Waals surface area contributed by atoms with Crippen LogP contribution >= 0.6 is 0 Å². The molecule has 5 nitrogen and oxygen atoms in total. The Balaban J connectivity index is 1.86. The predicted molar refractivity (Wildman–Crippen MR) is 110 cm³/mol. The zero-order chi connectivity index (χ0) is 20.4. The first-order chi connectivity index (χ1) is 14.1. The maximum Gasteiger partial charge on any atom is 0.165 e. The average molecular weight is 390 g/mol. The van der Waals surface area contributed by atoms with E-state index in [0.717, 1.165) is 22.0 Å². The summed E-state index contributed by atoms with van der Waals surface area (Å²) in [6.45, 7) is 0. The lowest BCUT2D eigenvalue weighted by atomic mass is 10.00. The second-order valence-electron chi connectivity index (χ2n) is 6.37. The largest absolute Gasteiger partial charge is 0.494 e. The number of benzene rings is 3. The third kappa shape index (κ3) is 3.45. The van der Waals surface area contributed by atoms with Gasteiger partial charge >= 0.3 is 0 Å². The van der Waals surface area contributed by atoms with Crippen molar-refractivity contribution in [3.05, 3.63) is 66.7 Å². The standard InChI is InChI=1S/C23H19FN2O3/c1-27-20-8-6-16(11-18(20)24)23-17-10-14(4-7-19(17)25-13-26-23)15-5-9-21(28-2)22(12-15)29-3/h4-13H,1-3H3. The van der Waals surface area contributed by atoms with Gasteiger partial charge in [-0.25, -0.2) is 14.4 Å². The number of hydrogen-bond donors (Lipinski definition) is 0. The third-order valence-electron chi connectivity index (χ3n) is 4.78. The molecule has 0 bridgehead atoms. The molecule has 0 saturated heterocycles. The van der Waals surface area contributed by atoms with Crippen LogP contribution in [0.3, 0.4) is 0 Å². The first kappa shape index (κ1) is 18.7. The van der Waals surface area contributed by atoms with E-state index in [4.69, 9.17) is 14.2 Å². The van der Waals surface area contributed by atoms with E-state index in [9.17, 15) is 4.39 Å². The first-order valence-corrected chi connectivity index (χ1v) is 8.95. The van der Waals surface area contributed by atoms with Gasteiger partial charge in [-0.15, -0.1) is 0 Å². The number of methoxy groups -OCH3 is 3. The second kappa shape index (κ2) is 7.75. The lowest BCUT2D eigenvalue weighted by Crippen LogP contribution is -1.93. The summed E-state index contributed by atoms with van der Waals surface area (Å²) in [4.78, 5) is 8.75. The molecule has 1 aromatic heterocycles. The van der Waals surface area contributed by atoms with Gasteiger partial charge in [0, 0.05) is 10.9 Å². The topological polar surface area (TPSA) is 53.5 Å². The minimum absolute atomic E-state index is 0.193. The summed E-state index contributed by atoms with van der Waals surface area (Å²) in [6.07, 6.45) is 1.48. The first-order valence-electron chi connectivity index (χ1n) is 8.95. The Kier molecular flexibility index (Phi) is 4.99. The Morgan fingerprint density at radius 1 is 0.655 bits per heavy atom. The molecule has 0 saturated carbocycles. The smallest absolute Gasteiger partial charge is 0.165 e. The lowest BCUT2D eigenvalue weighted by molar-refractivity contribution is 0.355. The minimum Gasteiger partial charge on any atom is -0.494 e.